The number of carbonyl (C=O) groups is 1. The van der Waals surface area contributed by atoms with Crippen LogP contribution in [0.15, 0.2) is 58.3 Å². The van der Waals surface area contributed by atoms with Crippen molar-refractivity contribution in [1.29, 1.82) is 0 Å². The standard InChI is InChI=1S/C18H17F4NO4S2/c1-29(26,27)14-4-2-3-13(9-14)28-10-15(17(24)25)23-16(18(20,21)22)11-5-7-12(19)8-6-11/h2-9,15-16,23H,10H2,1H3,(H,24,25)/t15-,16-/m0/s1. The molecular formula is C18H17F4NO4S2. The molecule has 0 aliphatic rings. The number of benzene rings is 2. The van der Waals surface area contributed by atoms with E-state index < -0.39 is 39.9 Å². The fourth-order valence-electron chi connectivity index (χ4n) is 2.40. The van der Waals surface area contributed by atoms with Gasteiger partial charge in [-0.3, -0.25) is 10.1 Å². The lowest BCUT2D eigenvalue weighted by molar-refractivity contribution is -0.162. The summed E-state index contributed by atoms with van der Waals surface area (Å²) in [7, 11) is -3.48. The highest BCUT2D eigenvalue weighted by atomic mass is 32.2. The van der Waals surface area contributed by atoms with Gasteiger partial charge in [-0.05, 0) is 35.9 Å². The Kier molecular flexibility index (Phi) is 7.30. The molecule has 2 N–H and O–H groups in total. The monoisotopic (exact) mass is 451 g/mol. The number of rotatable bonds is 8. The van der Waals surface area contributed by atoms with Crippen LogP contribution in [0, 0.1) is 5.82 Å². The summed E-state index contributed by atoms with van der Waals surface area (Å²) < 4.78 is 76.6. The van der Waals surface area contributed by atoms with Gasteiger partial charge in [-0.2, -0.15) is 13.2 Å². The molecule has 0 heterocycles. The predicted octanol–water partition coefficient (Wildman–Crippen LogP) is 3.67. The van der Waals surface area contributed by atoms with Crippen molar-refractivity contribution < 1.29 is 35.9 Å². The minimum atomic E-state index is -4.81. The van der Waals surface area contributed by atoms with E-state index in [9.17, 15) is 35.9 Å². The highest BCUT2D eigenvalue weighted by molar-refractivity contribution is 7.99. The molecule has 158 valence electrons. The summed E-state index contributed by atoms with van der Waals surface area (Å²) in [6.45, 7) is 0. The van der Waals surface area contributed by atoms with Gasteiger partial charge in [0.25, 0.3) is 0 Å². The first-order valence-electron chi connectivity index (χ1n) is 8.12. The van der Waals surface area contributed by atoms with Crippen LogP contribution in [0.2, 0.25) is 0 Å². The normalized spacial score (nSPS) is 14.4. The molecule has 0 spiro atoms. The second-order valence-corrected chi connectivity index (χ2v) is 9.25. The van der Waals surface area contributed by atoms with Crippen LogP contribution in [0.25, 0.3) is 0 Å². The van der Waals surface area contributed by atoms with E-state index in [0.29, 0.717) is 4.90 Å². The molecule has 2 atom stereocenters. The number of nitrogens with one attached hydrogen (secondary N) is 1. The fraction of sp³-hybridized carbons (Fsp3) is 0.278. The number of hydrogen-bond acceptors (Lipinski definition) is 5. The molecule has 0 aliphatic carbocycles. The van der Waals surface area contributed by atoms with Crippen LogP contribution in [0.1, 0.15) is 11.6 Å². The van der Waals surface area contributed by atoms with Crippen LogP contribution < -0.4 is 5.32 Å². The van der Waals surface area contributed by atoms with Gasteiger partial charge in [0.2, 0.25) is 0 Å². The van der Waals surface area contributed by atoms with E-state index in [2.05, 4.69) is 5.32 Å². The molecule has 11 heteroatoms. The third-order valence-corrected chi connectivity index (χ3v) is 6.04. The number of sulfone groups is 1. The lowest BCUT2D eigenvalue weighted by Crippen LogP contribution is -2.46. The van der Waals surface area contributed by atoms with Crippen molar-refractivity contribution in [2.45, 2.75) is 28.1 Å². The predicted molar refractivity (Wildman–Crippen MR) is 100 cm³/mol. The van der Waals surface area contributed by atoms with Crippen LogP contribution in [0.4, 0.5) is 17.6 Å². The van der Waals surface area contributed by atoms with E-state index >= 15 is 0 Å². The van der Waals surface area contributed by atoms with Gasteiger partial charge in [0.15, 0.2) is 9.84 Å². The molecule has 2 aromatic carbocycles. The van der Waals surface area contributed by atoms with Crippen molar-refractivity contribution in [3.05, 3.63) is 59.9 Å². The fourth-order valence-corrected chi connectivity index (χ4v) is 4.13. The molecule has 0 aromatic heterocycles. The second-order valence-electron chi connectivity index (χ2n) is 6.14. The molecule has 0 radical (unpaired) electrons. The number of hydrogen-bond donors (Lipinski definition) is 2. The number of alkyl halides is 3. The van der Waals surface area contributed by atoms with Crippen LogP contribution >= 0.6 is 11.8 Å². The van der Waals surface area contributed by atoms with Crippen LogP contribution in [-0.4, -0.2) is 43.7 Å². The summed E-state index contributed by atoms with van der Waals surface area (Å²) in [5, 5.41) is 11.4. The second kappa shape index (κ2) is 9.14. The van der Waals surface area contributed by atoms with Crippen molar-refractivity contribution in [1.82, 2.24) is 5.32 Å². The molecule has 0 saturated heterocycles. The van der Waals surface area contributed by atoms with Crippen molar-refractivity contribution in [3.63, 3.8) is 0 Å². The Morgan fingerprint density at radius 1 is 1.17 bits per heavy atom. The van der Waals surface area contributed by atoms with Crippen LogP contribution in [0.3, 0.4) is 0 Å². The molecular weight excluding hydrogens is 434 g/mol. The Hall–Kier alpha value is -2.11. The van der Waals surface area contributed by atoms with E-state index in [4.69, 9.17) is 0 Å². The van der Waals surface area contributed by atoms with E-state index in [-0.39, 0.29) is 16.2 Å². The first kappa shape index (κ1) is 23.2. The first-order valence-corrected chi connectivity index (χ1v) is 11.0. The summed E-state index contributed by atoms with van der Waals surface area (Å²) >= 11 is 0.902. The zero-order valence-electron chi connectivity index (χ0n) is 15.0. The van der Waals surface area contributed by atoms with Crippen LogP contribution in [-0.2, 0) is 14.6 Å². The van der Waals surface area contributed by atoms with Gasteiger partial charge in [0.05, 0.1) is 4.90 Å². The van der Waals surface area contributed by atoms with Gasteiger partial charge in [0, 0.05) is 16.9 Å². The molecule has 5 nitrogen and oxygen atoms in total. The Balaban J connectivity index is 2.20. The topological polar surface area (TPSA) is 83.5 Å². The molecule has 0 fully saturated rings. The Bertz CT molecular complexity index is 963. The summed E-state index contributed by atoms with van der Waals surface area (Å²) in [5.74, 6) is -2.52. The van der Waals surface area contributed by atoms with Gasteiger partial charge in [-0.25, -0.2) is 12.8 Å². The highest BCUT2D eigenvalue weighted by Crippen LogP contribution is 2.34. The quantitative estimate of drug-likeness (QED) is 0.471. The lowest BCUT2D eigenvalue weighted by atomic mass is 10.1. The van der Waals surface area contributed by atoms with E-state index in [1.807, 2.05) is 0 Å². The van der Waals surface area contributed by atoms with Gasteiger partial charge < -0.3 is 5.11 Å². The summed E-state index contributed by atoms with van der Waals surface area (Å²) in [4.78, 5) is 11.9. The minimum absolute atomic E-state index is 0.0156. The average molecular weight is 451 g/mol. The molecule has 29 heavy (non-hydrogen) atoms. The summed E-state index contributed by atoms with van der Waals surface area (Å²) in [6, 6.07) is 5.34. The van der Waals surface area contributed by atoms with Gasteiger partial charge >= 0.3 is 12.1 Å². The Morgan fingerprint density at radius 2 is 1.79 bits per heavy atom. The minimum Gasteiger partial charge on any atom is -0.480 e. The number of thioether (sulfide) groups is 1. The maximum atomic E-state index is 13.5. The molecule has 0 saturated carbocycles. The van der Waals surface area contributed by atoms with E-state index in [0.717, 1.165) is 42.3 Å². The van der Waals surface area contributed by atoms with Gasteiger partial charge in [-0.1, -0.05) is 18.2 Å². The third kappa shape index (κ3) is 6.72. The molecule has 2 rings (SSSR count). The molecule has 0 amide bonds. The zero-order chi connectivity index (χ0) is 21.8. The smallest absolute Gasteiger partial charge is 0.407 e. The summed E-state index contributed by atoms with van der Waals surface area (Å²) in [5.41, 5.74) is -0.325. The van der Waals surface area contributed by atoms with Crippen molar-refractivity contribution in [3.8, 4) is 0 Å². The first-order chi connectivity index (χ1) is 13.4. The summed E-state index contributed by atoms with van der Waals surface area (Å²) in [6.07, 6.45) is -3.80. The maximum Gasteiger partial charge on any atom is 0.407 e. The largest absolute Gasteiger partial charge is 0.480 e. The van der Waals surface area contributed by atoms with E-state index in [1.54, 1.807) is 0 Å². The Morgan fingerprint density at radius 3 is 2.31 bits per heavy atom. The SMILES string of the molecule is CS(=O)(=O)c1cccc(SC[C@H](N[C@@H](c2ccc(F)cc2)C(F)(F)F)C(=O)O)c1. The van der Waals surface area contributed by atoms with Gasteiger partial charge in [0.1, 0.15) is 17.9 Å². The van der Waals surface area contributed by atoms with Gasteiger partial charge in [-0.15, -0.1) is 11.8 Å². The van der Waals surface area contributed by atoms with E-state index in [1.165, 1.54) is 24.3 Å². The molecule has 0 bridgehead atoms. The van der Waals surface area contributed by atoms with Crippen LogP contribution in [0.5, 0.6) is 0 Å². The number of carboxylic acids is 1. The number of carboxylic acid groups (broad SMARTS) is 1. The third-order valence-electron chi connectivity index (χ3n) is 3.85. The maximum absolute atomic E-state index is 13.5. The highest BCUT2D eigenvalue weighted by Gasteiger charge is 2.42. The Labute approximate surface area is 169 Å². The van der Waals surface area contributed by atoms with Crippen molar-refractivity contribution in [2.24, 2.45) is 0 Å². The molecule has 0 unspecified atom stereocenters. The van der Waals surface area contributed by atoms with Crippen molar-refractivity contribution >= 4 is 27.6 Å². The average Bonchev–Trinajstić information content (AvgIpc) is 2.61. The number of aliphatic carboxylic acids is 1. The lowest BCUT2D eigenvalue weighted by Gasteiger charge is -2.25. The number of halogens is 4. The molecule has 2 aromatic rings. The molecule has 0 aliphatic heterocycles. The zero-order valence-corrected chi connectivity index (χ0v) is 16.6. The van der Waals surface area contributed by atoms with Crippen molar-refractivity contribution in [2.75, 3.05) is 12.0 Å².